The molecule has 0 saturated carbocycles. The van der Waals surface area contributed by atoms with Gasteiger partial charge in [0, 0.05) is 11.1 Å². The number of aromatic hydroxyl groups is 1. The Morgan fingerprint density at radius 3 is 1.54 bits per heavy atom. The van der Waals surface area contributed by atoms with Gasteiger partial charge in [0.15, 0.2) is 17.9 Å². The summed E-state index contributed by atoms with van der Waals surface area (Å²) < 4.78 is 73.6. The molecule has 10 atom stereocenters. The lowest BCUT2D eigenvalue weighted by molar-refractivity contribution is -0.275. The molecule has 0 spiro atoms. The van der Waals surface area contributed by atoms with Crippen LogP contribution in [0.5, 0.6) is 11.5 Å². The molecule has 4 aliphatic heterocycles. The molecule has 0 bridgehead atoms. The van der Waals surface area contributed by atoms with Crippen LogP contribution in [0, 0.1) is 0 Å². The van der Waals surface area contributed by atoms with Crippen LogP contribution in [0.4, 0.5) is 0 Å². The van der Waals surface area contributed by atoms with E-state index >= 15 is 0 Å². The van der Waals surface area contributed by atoms with Gasteiger partial charge in [-0.3, -0.25) is 0 Å². The van der Waals surface area contributed by atoms with Gasteiger partial charge in [0.25, 0.3) is 0 Å². The molecule has 0 aliphatic carbocycles. The Kier molecular flexibility index (Phi) is 14.8. The monoisotopic (exact) mass is 950 g/mol. The van der Waals surface area contributed by atoms with Crippen molar-refractivity contribution in [1.29, 1.82) is 0 Å². The third-order valence-electron chi connectivity index (χ3n) is 13.1. The minimum absolute atomic E-state index is 0.0103. The largest absolute Gasteiger partial charge is 0.507 e. The van der Waals surface area contributed by atoms with Crippen molar-refractivity contribution < 1.29 is 57.2 Å². The van der Waals surface area contributed by atoms with E-state index in [9.17, 15) is 5.11 Å². The van der Waals surface area contributed by atoms with Crippen LogP contribution in [0.2, 0.25) is 0 Å². The van der Waals surface area contributed by atoms with E-state index in [-0.39, 0.29) is 38.8 Å². The van der Waals surface area contributed by atoms with E-state index in [0.29, 0.717) is 23.5 Å². The second-order valence-corrected chi connectivity index (χ2v) is 19.2. The zero-order valence-electron chi connectivity index (χ0n) is 40.0. The van der Waals surface area contributed by atoms with Gasteiger partial charge in [0.05, 0.1) is 33.0 Å². The van der Waals surface area contributed by atoms with E-state index in [4.69, 9.17) is 52.1 Å². The highest BCUT2D eigenvalue weighted by Gasteiger charge is 2.61. The fourth-order valence-electron chi connectivity index (χ4n) is 9.81. The summed E-state index contributed by atoms with van der Waals surface area (Å²) >= 11 is 0. The number of ether oxygens (including phenoxy) is 11. The van der Waals surface area contributed by atoms with Crippen molar-refractivity contribution in [3.8, 4) is 22.6 Å². The topological polar surface area (TPSA) is 122 Å². The van der Waals surface area contributed by atoms with E-state index in [1.807, 2.05) is 191 Å². The van der Waals surface area contributed by atoms with Crippen LogP contribution in [-0.4, -0.2) is 85.0 Å². The Bertz CT molecular complexity index is 2580. The minimum atomic E-state index is -0.924. The van der Waals surface area contributed by atoms with Crippen molar-refractivity contribution in [2.75, 3.05) is 13.2 Å². The highest BCUT2D eigenvalue weighted by Crippen LogP contribution is 2.48. The number of hydrogen-bond donors (Lipinski definition) is 1. The average Bonchev–Trinajstić information content (AvgIpc) is 3.89. The van der Waals surface area contributed by atoms with E-state index in [1.165, 1.54) is 0 Å². The number of fused-ring (bicyclic) bond motifs is 3. The normalized spacial score (nSPS) is 27.7. The number of phenols is 1. The summed E-state index contributed by atoms with van der Waals surface area (Å²) in [5, 5.41) is 12.7. The predicted octanol–water partition coefficient (Wildman–Crippen LogP) is 10.2. The molecule has 12 heteroatoms. The fraction of sp³-hybridized carbons (Fsp3) is 0.379. The van der Waals surface area contributed by atoms with E-state index in [0.717, 1.165) is 27.8 Å². The van der Waals surface area contributed by atoms with Gasteiger partial charge in [0.2, 0.25) is 0 Å². The molecular formula is C58H62O12. The molecule has 6 aromatic rings. The molecule has 70 heavy (non-hydrogen) atoms. The van der Waals surface area contributed by atoms with Crippen LogP contribution in [0.1, 0.15) is 61.6 Å². The molecular weight excluding hydrogens is 889 g/mol. The van der Waals surface area contributed by atoms with Gasteiger partial charge < -0.3 is 57.2 Å². The van der Waals surface area contributed by atoms with Crippen molar-refractivity contribution in [2.45, 2.75) is 127 Å². The number of hydrogen-bond acceptors (Lipinski definition) is 12. The minimum Gasteiger partial charge on any atom is -0.507 e. The molecule has 4 heterocycles. The smallest absolute Gasteiger partial charge is 0.190 e. The second kappa shape index (κ2) is 21.5. The summed E-state index contributed by atoms with van der Waals surface area (Å²) in [4.78, 5) is 0. The van der Waals surface area contributed by atoms with Crippen LogP contribution >= 0.6 is 0 Å². The van der Waals surface area contributed by atoms with Gasteiger partial charge in [-0.15, -0.1) is 0 Å². The van der Waals surface area contributed by atoms with Crippen LogP contribution in [0.25, 0.3) is 11.1 Å². The third-order valence-corrected chi connectivity index (χ3v) is 13.1. The van der Waals surface area contributed by atoms with Crippen LogP contribution < -0.4 is 4.74 Å². The second-order valence-electron chi connectivity index (χ2n) is 19.2. The first-order valence-corrected chi connectivity index (χ1v) is 24.2. The van der Waals surface area contributed by atoms with Crippen molar-refractivity contribution >= 4 is 0 Å². The quantitative estimate of drug-likeness (QED) is 0.0883. The van der Waals surface area contributed by atoms with Crippen LogP contribution in [0.3, 0.4) is 0 Å². The Morgan fingerprint density at radius 1 is 0.471 bits per heavy atom. The Balaban J connectivity index is 1.04. The predicted molar refractivity (Wildman–Crippen MR) is 260 cm³/mol. The van der Waals surface area contributed by atoms with Crippen molar-refractivity contribution in [2.24, 2.45) is 0 Å². The van der Waals surface area contributed by atoms with Crippen LogP contribution in [0.15, 0.2) is 164 Å². The van der Waals surface area contributed by atoms with Crippen molar-refractivity contribution in [1.82, 2.24) is 0 Å². The number of phenolic OH excluding ortho intramolecular Hbond substituents is 1. The maximum absolute atomic E-state index is 12.7. The first kappa shape index (κ1) is 48.2. The maximum atomic E-state index is 12.7. The molecule has 1 N–H and O–H groups in total. The fourth-order valence-corrected chi connectivity index (χ4v) is 9.81. The molecule has 12 nitrogen and oxygen atoms in total. The maximum Gasteiger partial charge on any atom is 0.190 e. The van der Waals surface area contributed by atoms with Crippen molar-refractivity contribution in [3.63, 3.8) is 0 Å². The zero-order chi connectivity index (χ0) is 48.1. The van der Waals surface area contributed by atoms with Gasteiger partial charge in [-0.2, -0.15) is 0 Å². The van der Waals surface area contributed by atoms with Crippen molar-refractivity contribution in [3.05, 3.63) is 192 Å². The SMILES string of the molecule is CC1(C)O[C@H]2[C@@H](O1)[C@@H](COc1cc(-c3ccccc3)c(O)c([C@@H]3O[C@H](COCc4ccccc4)[C@@H](OCc4ccccc4)[C@H](OCc4ccccc4)[C@H]3OCc3ccccc3)c1)O[C@@H]1OC(C)(C)O[C@@H]12. The standard InChI is InChI=1S/C58H62O12/c1-57(2)67-51-47(66-56-55(54(51)68-57)69-58(3,4)70-56)37-61-43-30-44(42-28-18-9-19-29-42)48(59)45(31-43)49-52(63-34-40-24-14-7-15-25-40)53(64-35-41-26-16-8-17-27-41)50(62-33-39-22-12-6-13-23-39)46(65-49)36-60-32-38-20-10-5-11-21-38/h5-31,46-47,49-56,59H,32-37H2,1-4H3/t46-,47-,49+,50-,51+,52+,53+,54+,55-,56-/m1/s1. The van der Waals surface area contributed by atoms with Crippen LogP contribution in [-0.2, 0) is 73.8 Å². The lowest BCUT2D eigenvalue weighted by atomic mass is 9.88. The van der Waals surface area contributed by atoms with Gasteiger partial charge in [-0.25, -0.2) is 0 Å². The van der Waals surface area contributed by atoms with E-state index < -0.39 is 72.8 Å². The highest BCUT2D eigenvalue weighted by molar-refractivity contribution is 5.74. The summed E-state index contributed by atoms with van der Waals surface area (Å²) in [6, 6.07) is 53.4. The Hall–Kier alpha value is -5.48. The van der Waals surface area contributed by atoms with E-state index in [2.05, 4.69) is 0 Å². The Labute approximate surface area is 410 Å². The van der Waals surface area contributed by atoms with E-state index in [1.54, 1.807) is 0 Å². The summed E-state index contributed by atoms with van der Waals surface area (Å²) in [5.74, 6) is -1.29. The number of benzene rings is 6. The zero-order valence-corrected chi connectivity index (χ0v) is 40.0. The lowest BCUT2D eigenvalue weighted by Crippen LogP contribution is -2.58. The lowest BCUT2D eigenvalue weighted by Gasteiger charge is -2.46. The van der Waals surface area contributed by atoms with Gasteiger partial charge in [-0.1, -0.05) is 152 Å². The number of rotatable bonds is 18. The molecule has 4 fully saturated rings. The molecule has 4 saturated heterocycles. The molecule has 0 amide bonds. The first-order chi connectivity index (χ1) is 34.1. The molecule has 6 aromatic carbocycles. The summed E-state index contributed by atoms with van der Waals surface area (Å²) in [5.41, 5.74) is 5.70. The first-order valence-electron chi connectivity index (χ1n) is 24.2. The average molecular weight is 951 g/mol. The molecule has 0 radical (unpaired) electrons. The molecule has 4 aliphatic rings. The molecule has 0 aromatic heterocycles. The van der Waals surface area contributed by atoms with Gasteiger partial charge in [0.1, 0.15) is 73.0 Å². The molecule has 10 rings (SSSR count). The third kappa shape index (κ3) is 11.3. The Morgan fingerprint density at radius 2 is 0.957 bits per heavy atom. The van der Waals surface area contributed by atoms with Gasteiger partial charge in [-0.05, 0) is 67.6 Å². The molecule has 366 valence electrons. The highest BCUT2D eigenvalue weighted by atomic mass is 16.9. The molecule has 0 unspecified atom stereocenters. The summed E-state index contributed by atoms with van der Waals surface area (Å²) in [6.45, 7) is 8.82. The summed E-state index contributed by atoms with van der Waals surface area (Å²) in [6.07, 6.45) is -6.60. The van der Waals surface area contributed by atoms with Gasteiger partial charge >= 0.3 is 0 Å². The summed E-state index contributed by atoms with van der Waals surface area (Å²) in [7, 11) is 0.